The molecule has 2 heterocycles. The Kier molecular flexibility index (Phi) is 6.40. The molecule has 5 heteroatoms. The third kappa shape index (κ3) is 4.66. The normalized spacial score (nSPS) is 16.6. The van der Waals surface area contributed by atoms with Crippen LogP contribution in [-0.2, 0) is 9.59 Å². The van der Waals surface area contributed by atoms with Crippen LogP contribution in [0, 0.1) is 11.8 Å². The summed E-state index contributed by atoms with van der Waals surface area (Å²) in [6.45, 7) is 5.39. The molecular formula is C26H31N3O2. The third-order valence-electron chi connectivity index (χ3n) is 6.41. The number of rotatable bonds is 6. The first-order chi connectivity index (χ1) is 15.1. The van der Waals surface area contributed by atoms with Gasteiger partial charge in [0.25, 0.3) is 0 Å². The van der Waals surface area contributed by atoms with Crippen molar-refractivity contribution in [3.8, 4) is 11.3 Å². The number of carbonyl (C=O) groups excluding carboxylic acids is 2. The lowest BCUT2D eigenvalue weighted by atomic mass is 9.94. The van der Waals surface area contributed by atoms with Gasteiger partial charge in [-0.1, -0.05) is 44.2 Å². The molecule has 162 valence electrons. The lowest BCUT2D eigenvalue weighted by Crippen LogP contribution is -2.45. The smallest absolute Gasteiger partial charge is 0.229 e. The molecule has 0 bridgehead atoms. The van der Waals surface area contributed by atoms with Gasteiger partial charge in [-0.2, -0.15) is 0 Å². The lowest BCUT2D eigenvalue weighted by molar-refractivity contribution is -0.138. The highest BCUT2D eigenvalue weighted by atomic mass is 16.2. The Morgan fingerprint density at radius 1 is 1.10 bits per heavy atom. The summed E-state index contributed by atoms with van der Waals surface area (Å²) in [5.74, 6) is 0.0951. The number of piperidine rings is 1. The Hall–Kier alpha value is -3.08. The number of nitrogens with zero attached hydrogens (tertiary/aromatic N) is 1. The van der Waals surface area contributed by atoms with Crippen molar-refractivity contribution in [3.63, 3.8) is 0 Å². The number of benzene rings is 2. The molecule has 1 aromatic heterocycles. The van der Waals surface area contributed by atoms with Crippen LogP contribution in [0.15, 0.2) is 54.6 Å². The molecule has 2 N–H and O–H groups in total. The van der Waals surface area contributed by atoms with Gasteiger partial charge < -0.3 is 15.2 Å². The number of H-pyrrole nitrogens is 1. The van der Waals surface area contributed by atoms with Gasteiger partial charge in [-0.25, -0.2) is 0 Å². The van der Waals surface area contributed by atoms with E-state index in [0.29, 0.717) is 6.54 Å². The average Bonchev–Trinajstić information content (AvgIpc) is 3.24. The summed E-state index contributed by atoms with van der Waals surface area (Å²) in [6.07, 6.45) is 3.39. The minimum absolute atomic E-state index is 0.00385. The van der Waals surface area contributed by atoms with Crippen LogP contribution in [0.3, 0.4) is 0 Å². The number of hydrogen-bond acceptors (Lipinski definition) is 2. The number of para-hydroxylation sites is 1. The Morgan fingerprint density at radius 3 is 2.68 bits per heavy atom. The molecule has 5 nitrogen and oxygen atoms in total. The standard InChI is InChI=1S/C26H31N3O2/c1-3-18(4-2)26(31)29-14-8-11-21(17-29)25(30)27-22-12-7-10-19(15-22)24-16-20-9-5-6-13-23(20)28-24/h5-7,9-10,12-13,15-16,18,21,28H,3-4,8,11,14,17H2,1-2H3,(H,27,30). The average molecular weight is 418 g/mol. The first-order valence-electron chi connectivity index (χ1n) is 11.4. The van der Waals surface area contributed by atoms with Crippen LogP contribution < -0.4 is 5.32 Å². The highest BCUT2D eigenvalue weighted by Gasteiger charge is 2.30. The fourth-order valence-electron chi connectivity index (χ4n) is 4.53. The maximum atomic E-state index is 13.0. The molecule has 2 amide bonds. The summed E-state index contributed by atoms with van der Waals surface area (Å²) in [5, 5.41) is 4.24. The van der Waals surface area contributed by atoms with Crippen molar-refractivity contribution in [2.24, 2.45) is 11.8 Å². The quantitative estimate of drug-likeness (QED) is 0.560. The SMILES string of the molecule is CCC(CC)C(=O)N1CCCC(C(=O)Nc2cccc(-c3cc4ccccc4[nH]3)c2)C1. The van der Waals surface area contributed by atoms with E-state index < -0.39 is 0 Å². The molecule has 0 spiro atoms. The molecule has 2 aromatic carbocycles. The van der Waals surface area contributed by atoms with E-state index in [2.05, 4.69) is 42.3 Å². The summed E-state index contributed by atoms with van der Waals surface area (Å²) in [7, 11) is 0. The second-order valence-electron chi connectivity index (χ2n) is 8.48. The molecule has 0 radical (unpaired) electrons. The molecule has 1 saturated heterocycles. The number of anilines is 1. The summed E-state index contributed by atoms with van der Waals surface area (Å²) < 4.78 is 0. The van der Waals surface area contributed by atoms with E-state index in [4.69, 9.17) is 0 Å². The maximum Gasteiger partial charge on any atom is 0.229 e. The molecule has 0 saturated carbocycles. The van der Waals surface area contributed by atoms with Crippen molar-refractivity contribution in [1.29, 1.82) is 0 Å². The predicted octanol–water partition coefficient (Wildman–Crippen LogP) is 5.45. The minimum atomic E-state index is -0.163. The topological polar surface area (TPSA) is 65.2 Å². The zero-order valence-electron chi connectivity index (χ0n) is 18.4. The van der Waals surface area contributed by atoms with Crippen LogP contribution in [0.4, 0.5) is 5.69 Å². The number of fused-ring (bicyclic) bond motifs is 1. The third-order valence-corrected chi connectivity index (χ3v) is 6.41. The van der Waals surface area contributed by atoms with Crippen LogP contribution in [0.25, 0.3) is 22.2 Å². The van der Waals surface area contributed by atoms with E-state index in [1.165, 1.54) is 0 Å². The molecule has 1 unspecified atom stereocenters. The number of aromatic amines is 1. The lowest BCUT2D eigenvalue weighted by Gasteiger charge is -2.34. The summed E-state index contributed by atoms with van der Waals surface area (Å²) in [6, 6.07) is 18.2. The van der Waals surface area contributed by atoms with Gasteiger partial charge in [-0.3, -0.25) is 9.59 Å². The van der Waals surface area contributed by atoms with Gasteiger partial charge in [0, 0.05) is 46.9 Å². The molecule has 31 heavy (non-hydrogen) atoms. The number of carbonyl (C=O) groups is 2. The van der Waals surface area contributed by atoms with E-state index in [-0.39, 0.29) is 23.7 Å². The first-order valence-corrected chi connectivity index (χ1v) is 11.4. The van der Waals surface area contributed by atoms with Gasteiger partial charge in [-0.15, -0.1) is 0 Å². The predicted molar refractivity (Wildman–Crippen MR) is 126 cm³/mol. The van der Waals surface area contributed by atoms with Gasteiger partial charge in [0.1, 0.15) is 0 Å². The van der Waals surface area contributed by atoms with E-state index in [1.54, 1.807) is 0 Å². The van der Waals surface area contributed by atoms with Crippen molar-refractivity contribution < 1.29 is 9.59 Å². The molecule has 1 aliphatic heterocycles. The number of likely N-dealkylation sites (tertiary alicyclic amines) is 1. The molecule has 4 rings (SSSR count). The molecule has 1 fully saturated rings. The summed E-state index contributed by atoms with van der Waals surface area (Å²) >= 11 is 0. The van der Waals surface area contributed by atoms with Crippen molar-refractivity contribution in [2.45, 2.75) is 39.5 Å². The van der Waals surface area contributed by atoms with Crippen LogP contribution in [0.2, 0.25) is 0 Å². The van der Waals surface area contributed by atoms with Crippen LogP contribution >= 0.6 is 0 Å². The van der Waals surface area contributed by atoms with Gasteiger partial charge in [0.15, 0.2) is 0 Å². The number of aromatic nitrogens is 1. The van der Waals surface area contributed by atoms with E-state index >= 15 is 0 Å². The fourth-order valence-corrected chi connectivity index (χ4v) is 4.53. The number of nitrogens with one attached hydrogen (secondary N) is 2. The molecule has 0 aliphatic carbocycles. The second kappa shape index (κ2) is 9.38. The van der Waals surface area contributed by atoms with Crippen molar-refractivity contribution in [2.75, 3.05) is 18.4 Å². The fraction of sp³-hybridized carbons (Fsp3) is 0.385. The monoisotopic (exact) mass is 417 g/mol. The Balaban J connectivity index is 1.45. The molecule has 3 aromatic rings. The van der Waals surface area contributed by atoms with E-state index in [9.17, 15) is 9.59 Å². The van der Waals surface area contributed by atoms with Crippen LogP contribution in [-0.4, -0.2) is 34.8 Å². The zero-order valence-corrected chi connectivity index (χ0v) is 18.4. The Morgan fingerprint density at radius 2 is 1.90 bits per heavy atom. The molecule has 1 aliphatic rings. The van der Waals surface area contributed by atoms with Crippen LogP contribution in [0.1, 0.15) is 39.5 Å². The van der Waals surface area contributed by atoms with Crippen molar-refractivity contribution >= 4 is 28.4 Å². The zero-order chi connectivity index (χ0) is 21.8. The van der Waals surface area contributed by atoms with Crippen molar-refractivity contribution in [1.82, 2.24) is 9.88 Å². The first kappa shape index (κ1) is 21.2. The highest BCUT2D eigenvalue weighted by Crippen LogP contribution is 2.27. The van der Waals surface area contributed by atoms with Crippen molar-refractivity contribution in [3.05, 3.63) is 54.6 Å². The van der Waals surface area contributed by atoms with Gasteiger partial charge >= 0.3 is 0 Å². The largest absolute Gasteiger partial charge is 0.355 e. The van der Waals surface area contributed by atoms with Gasteiger partial charge in [0.2, 0.25) is 11.8 Å². The second-order valence-corrected chi connectivity index (χ2v) is 8.48. The Bertz CT molecular complexity index is 1030. The van der Waals surface area contributed by atoms with Crippen LogP contribution in [0.5, 0.6) is 0 Å². The minimum Gasteiger partial charge on any atom is -0.355 e. The van der Waals surface area contributed by atoms with Gasteiger partial charge in [-0.05, 0) is 49.9 Å². The summed E-state index contributed by atoms with van der Waals surface area (Å²) in [5.41, 5.74) is 3.93. The highest BCUT2D eigenvalue weighted by molar-refractivity contribution is 5.94. The number of hydrogen-bond donors (Lipinski definition) is 2. The van der Waals surface area contributed by atoms with E-state index in [0.717, 1.165) is 60.1 Å². The maximum absolute atomic E-state index is 13.0. The number of amides is 2. The molecule has 1 atom stereocenters. The van der Waals surface area contributed by atoms with Gasteiger partial charge in [0.05, 0.1) is 5.92 Å². The summed E-state index contributed by atoms with van der Waals surface area (Å²) in [4.78, 5) is 31.1. The van der Waals surface area contributed by atoms with E-state index in [1.807, 2.05) is 41.3 Å². The Labute approximate surface area is 183 Å². The molecular weight excluding hydrogens is 386 g/mol.